The SMILES string of the molecule is N=C(N)c1cccnc1Oc1ccccc1. The number of nitrogens with zero attached hydrogens (tertiary/aromatic N) is 1. The van der Waals surface area contributed by atoms with E-state index < -0.39 is 0 Å². The van der Waals surface area contributed by atoms with Gasteiger partial charge in [-0.1, -0.05) is 18.2 Å². The molecule has 80 valence electrons. The van der Waals surface area contributed by atoms with Crippen molar-refractivity contribution in [3.63, 3.8) is 0 Å². The van der Waals surface area contributed by atoms with Crippen LogP contribution in [0.2, 0.25) is 0 Å². The molecule has 0 aliphatic heterocycles. The molecule has 0 radical (unpaired) electrons. The first-order valence-corrected chi connectivity index (χ1v) is 4.79. The van der Waals surface area contributed by atoms with Gasteiger partial charge in [0.25, 0.3) is 0 Å². The highest BCUT2D eigenvalue weighted by atomic mass is 16.5. The number of nitrogens with one attached hydrogen (secondary N) is 1. The summed E-state index contributed by atoms with van der Waals surface area (Å²) in [5.41, 5.74) is 5.92. The Labute approximate surface area is 93.2 Å². The van der Waals surface area contributed by atoms with Crippen molar-refractivity contribution in [3.05, 3.63) is 54.2 Å². The number of nitrogen functional groups attached to an aromatic ring is 1. The van der Waals surface area contributed by atoms with Gasteiger partial charge in [-0.3, -0.25) is 5.41 Å². The predicted octanol–water partition coefficient (Wildman–Crippen LogP) is 2.16. The Morgan fingerprint density at radius 3 is 2.56 bits per heavy atom. The summed E-state index contributed by atoms with van der Waals surface area (Å²) in [7, 11) is 0. The number of amidine groups is 1. The molecule has 0 bridgehead atoms. The second-order valence-electron chi connectivity index (χ2n) is 3.18. The molecule has 4 nitrogen and oxygen atoms in total. The minimum Gasteiger partial charge on any atom is -0.438 e. The van der Waals surface area contributed by atoms with Crippen LogP contribution in [-0.2, 0) is 0 Å². The van der Waals surface area contributed by atoms with Crippen molar-refractivity contribution in [2.45, 2.75) is 0 Å². The van der Waals surface area contributed by atoms with Crippen molar-refractivity contribution in [1.82, 2.24) is 4.98 Å². The fourth-order valence-corrected chi connectivity index (χ4v) is 1.28. The molecule has 1 aromatic heterocycles. The van der Waals surface area contributed by atoms with E-state index in [0.29, 0.717) is 17.2 Å². The third-order valence-corrected chi connectivity index (χ3v) is 2.02. The van der Waals surface area contributed by atoms with Crippen LogP contribution in [0, 0.1) is 5.41 Å². The fraction of sp³-hybridized carbons (Fsp3) is 0. The van der Waals surface area contributed by atoms with Crippen molar-refractivity contribution in [1.29, 1.82) is 5.41 Å². The third-order valence-electron chi connectivity index (χ3n) is 2.02. The molecule has 0 atom stereocenters. The predicted molar refractivity (Wildman–Crippen MR) is 61.8 cm³/mol. The summed E-state index contributed by atoms with van der Waals surface area (Å²) in [6.45, 7) is 0. The van der Waals surface area contributed by atoms with Gasteiger partial charge in [-0.25, -0.2) is 4.98 Å². The van der Waals surface area contributed by atoms with Crippen LogP contribution in [0.4, 0.5) is 0 Å². The van der Waals surface area contributed by atoms with E-state index in [1.54, 1.807) is 18.3 Å². The smallest absolute Gasteiger partial charge is 0.230 e. The molecule has 0 amide bonds. The first-order chi connectivity index (χ1) is 7.77. The number of hydrogen-bond donors (Lipinski definition) is 2. The highest BCUT2D eigenvalue weighted by molar-refractivity contribution is 5.97. The van der Waals surface area contributed by atoms with Crippen LogP contribution in [0.3, 0.4) is 0 Å². The van der Waals surface area contributed by atoms with E-state index in [1.807, 2.05) is 30.3 Å². The lowest BCUT2D eigenvalue weighted by atomic mass is 10.2. The summed E-state index contributed by atoms with van der Waals surface area (Å²) in [4.78, 5) is 4.05. The molecule has 0 unspecified atom stereocenters. The number of benzene rings is 1. The van der Waals surface area contributed by atoms with Crippen LogP contribution in [0.25, 0.3) is 0 Å². The normalized spacial score (nSPS) is 9.75. The molecular formula is C12H11N3O. The minimum absolute atomic E-state index is 0.0565. The summed E-state index contributed by atoms with van der Waals surface area (Å²) in [5, 5.41) is 7.40. The Hall–Kier alpha value is -2.36. The Balaban J connectivity index is 2.31. The van der Waals surface area contributed by atoms with Crippen LogP contribution >= 0.6 is 0 Å². The largest absolute Gasteiger partial charge is 0.438 e. The monoisotopic (exact) mass is 213 g/mol. The number of rotatable bonds is 3. The van der Waals surface area contributed by atoms with Crippen molar-refractivity contribution in [2.75, 3.05) is 0 Å². The molecule has 0 aliphatic carbocycles. The van der Waals surface area contributed by atoms with Crippen LogP contribution in [0.15, 0.2) is 48.7 Å². The lowest BCUT2D eigenvalue weighted by Crippen LogP contribution is -2.12. The molecule has 2 rings (SSSR count). The number of para-hydroxylation sites is 1. The van der Waals surface area contributed by atoms with Crippen molar-refractivity contribution in [2.24, 2.45) is 5.73 Å². The van der Waals surface area contributed by atoms with E-state index in [4.69, 9.17) is 15.9 Å². The summed E-state index contributed by atoms with van der Waals surface area (Å²) in [5.74, 6) is 0.962. The Morgan fingerprint density at radius 1 is 1.12 bits per heavy atom. The lowest BCUT2D eigenvalue weighted by Gasteiger charge is -2.07. The zero-order valence-electron chi connectivity index (χ0n) is 8.55. The van der Waals surface area contributed by atoms with E-state index in [1.165, 1.54) is 0 Å². The van der Waals surface area contributed by atoms with Gasteiger partial charge in [-0.05, 0) is 24.3 Å². The first-order valence-electron chi connectivity index (χ1n) is 4.79. The minimum atomic E-state index is -0.0565. The maximum atomic E-state index is 7.40. The highest BCUT2D eigenvalue weighted by Crippen LogP contribution is 2.21. The number of aromatic nitrogens is 1. The molecule has 3 N–H and O–H groups in total. The quantitative estimate of drug-likeness (QED) is 0.606. The second-order valence-corrected chi connectivity index (χ2v) is 3.18. The molecule has 0 aliphatic rings. The van der Waals surface area contributed by atoms with E-state index in [0.717, 1.165) is 0 Å². The van der Waals surface area contributed by atoms with Gasteiger partial charge in [-0.2, -0.15) is 0 Å². The molecule has 2 aromatic rings. The lowest BCUT2D eigenvalue weighted by molar-refractivity contribution is 0.462. The number of ether oxygens (including phenoxy) is 1. The van der Waals surface area contributed by atoms with Crippen LogP contribution < -0.4 is 10.5 Å². The summed E-state index contributed by atoms with van der Waals surface area (Å²) in [6.07, 6.45) is 1.60. The van der Waals surface area contributed by atoms with Crippen molar-refractivity contribution in [3.8, 4) is 11.6 Å². The van der Waals surface area contributed by atoms with E-state index in [-0.39, 0.29) is 5.84 Å². The van der Waals surface area contributed by atoms with Crippen molar-refractivity contribution < 1.29 is 4.74 Å². The summed E-state index contributed by atoms with van der Waals surface area (Å²) >= 11 is 0. The first kappa shape index (κ1) is 10.2. The molecule has 16 heavy (non-hydrogen) atoms. The molecular weight excluding hydrogens is 202 g/mol. The van der Waals surface area contributed by atoms with Gasteiger partial charge < -0.3 is 10.5 Å². The Bertz CT molecular complexity index is 497. The zero-order chi connectivity index (χ0) is 11.4. The van der Waals surface area contributed by atoms with Gasteiger partial charge in [0.15, 0.2) is 0 Å². The molecule has 0 spiro atoms. The summed E-state index contributed by atoms with van der Waals surface area (Å²) < 4.78 is 5.54. The van der Waals surface area contributed by atoms with E-state index in [9.17, 15) is 0 Å². The molecule has 0 saturated heterocycles. The number of pyridine rings is 1. The zero-order valence-corrected chi connectivity index (χ0v) is 8.55. The van der Waals surface area contributed by atoms with Crippen molar-refractivity contribution >= 4 is 5.84 Å². The Morgan fingerprint density at radius 2 is 1.88 bits per heavy atom. The van der Waals surface area contributed by atoms with Gasteiger partial charge in [0.2, 0.25) is 5.88 Å². The maximum Gasteiger partial charge on any atom is 0.230 e. The maximum absolute atomic E-state index is 7.40. The molecule has 1 aromatic carbocycles. The van der Waals surface area contributed by atoms with Crippen LogP contribution in [0.1, 0.15) is 5.56 Å². The molecule has 0 fully saturated rings. The highest BCUT2D eigenvalue weighted by Gasteiger charge is 2.07. The van der Waals surface area contributed by atoms with E-state index >= 15 is 0 Å². The van der Waals surface area contributed by atoms with Crippen LogP contribution in [0.5, 0.6) is 11.6 Å². The Kier molecular flexibility index (Phi) is 2.82. The molecule has 0 saturated carbocycles. The van der Waals surface area contributed by atoms with E-state index in [2.05, 4.69) is 4.98 Å². The average molecular weight is 213 g/mol. The van der Waals surface area contributed by atoms with Gasteiger partial charge in [0, 0.05) is 6.20 Å². The van der Waals surface area contributed by atoms with Gasteiger partial charge >= 0.3 is 0 Å². The topological polar surface area (TPSA) is 72.0 Å². The fourth-order valence-electron chi connectivity index (χ4n) is 1.28. The van der Waals surface area contributed by atoms with Crippen LogP contribution in [-0.4, -0.2) is 10.8 Å². The number of nitrogens with two attached hydrogens (primary N) is 1. The molecule has 4 heteroatoms. The van der Waals surface area contributed by atoms with Gasteiger partial charge in [-0.15, -0.1) is 0 Å². The molecule has 1 heterocycles. The van der Waals surface area contributed by atoms with Gasteiger partial charge in [0.1, 0.15) is 11.6 Å². The third kappa shape index (κ3) is 2.17. The number of hydrogen-bond acceptors (Lipinski definition) is 3. The van der Waals surface area contributed by atoms with Gasteiger partial charge in [0.05, 0.1) is 5.56 Å². The summed E-state index contributed by atoms with van der Waals surface area (Å²) in [6, 6.07) is 12.7. The standard InChI is InChI=1S/C12H11N3O/c13-11(14)10-7-4-8-15-12(10)16-9-5-2-1-3-6-9/h1-8H,(H3,13,14). The second kappa shape index (κ2) is 4.44. The average Bonchev–Trinajstić information content (AvgIpc) is 2.31.